The minimum absolute atomic E-state index is 0.467. The zero-order chi connectivity index (χ0) is 22.1. The Kier molecular flexibility index (Phi) is 4.57. The van der Waals surface area contributed by atoms with Crippen molar-refractivity contribution in [2.75, 3.05) is 7.11 Å². The van der Waals surface area contributed by atoms with Gasteiger partial charge in [-0.05, 0) is 12.1 Å². The molecule has 0 unspecified atom stereocenters. The van der Waals surface area contributed by atoms with E-state index in [9.17, 15) is 61.0 Å². The number of rotatable bonds is 3. The van der Waals surface area contributed by atoms with Gasteiger partial charge in [-0.1, -0.05) is 0 Å². The predicted octanol–water partition coefficient (Wildman–Crippen LogP) is -7.21. The lowest BCUT2D eigenvalue weighted by Crippen LogP contribution is -2.94. The number of primary amides is 1. The molecule has 28 heavy (non-hydrogen) atoms. The number of hydrogen-bond donors (Lipinski definition) is 12. The Labute approximate surface area is 154 Å². The molecule has 0 saturated heterocycles. The average Bonchev–Trinajstić information content (AvgIpc) is 2.58. The van der Waals surface area contributed by atoms with Crippen LogP contribution in [0.1, 0.15) is 16.1 Å². The molecule has 1 aromatic rings. The normalized spacial score (nSPS) is 25.7. The summed E-state index contributed by atoms with van der Waals surface area (Å²) in [6.45, 7) is 0. The first-order valence-corrected chi connectivity index (χ1v) is 7.17. The average molecular weight is 410 g/mol. The van der Waals surface area contributed by atoms with Crippen LogP contribution in [0.2, 0.25) is 0 Å². The molecule has 1 fully saturated rings. The van der Waals surface area contributed by atoms with Crippen molar-refractivity contribution in [3.8, 4) is 5.88 Å². The van der Waals surface area contributed by atoms with Gasteiger partial charge >= 0.3 is 0 Å². The smallest absolute Gasteiger partial charge is 0.286 e. The molecule has 0 radical (unpaired) electrons. The zero-order valence-electron chi connectivity index (χ0n) is 13.9. The number of aromatic nitrogens is 1. The van der Waals surface area contributed by atoms with E-state index in [1.807, 2.05) is 0 Å². The van der Waals surface area contributed by atoms with E-state index >= 15 is 0 Å². The number of pyridine rings is 1. The van der Waals surface area contributed by atoms with E-state index in [1.165, 1.54) is 0 Å². The Balaban J connectivity index is 2.93. The van der Waals surface area contributed by atoms with Crippen LogP contribution in [-0.2, 0) is 5.60 Å². The molecule has 1 saturated carbocycles. The van der Waals surface area contributed by atoms with Gasteiger partial charge in [0.2, 0.25) is 11.5 Å². The SMILES string of the molecule is COc1nc(C2(O)C(O)(O)C(O)(O)C(O)(O)C(O)(O)C2(O)O)ccc1C(N)=O. The van der Waals surface area contributed by atoms with Crippen molar-refractivity contribution >= 4 is 5.91 Å². The maximum Gasteiger partial charge on any atom is 0.286 e. The maximum absolute atomic E-state index is 11.3. The number of nitrogens with zero attached hydrogens (tertiary/aromatic N) is 1. The lowest BCUT2D eigenvalue weighted by molar-refractivity contribution is -0.616. The quantitative estimate of drug-likeness (QED) is 0.206. The third-order valence-electron chi connectivity index (χ3n) is 4.64. The monoisotopic (exact) mass is 410 g/mol. The molecule has 2 rings (SSSR count). The predicted molar refractivity (Wildman–Crippen MR) is 79.0 cm³/mol. The molecule has 1 aliphatic carbocycles. The molecular weight excluding hydrogens is 392 g/mol. The molecule has 1 amide bonds. The van der Waals surface area contributed by atoms with Crippen molar-refractivity contribution in [3.63, 3.8) is 0 Å². The molecule has 0 aliphatic heterocycles. The summed E-state index contributed by atoms with van der Waals surface area (Å²) in [5, 5.41) is 109. The fourth-order valence-electron chi connectivity index (χ4n) is 2.82. The lowest BCUT2D eigenvalue weighted by atomic mass is 9.62. The zero-order valence-corrected chi connectivity index (χ0v) is 13.9. The number of nitrogens with two attached hydrogens (primary N) is 1. The van der Waals surface area contributed by atoms with Gasteiger partial charge in [0.25, 0.3) is 34.8 Å². The summed E-state index contributed by atoms with van der Waals surface area (Å²) in [4.78, 5) is 14.7. The Hall–Kier alpha value is -2.02. The van der Waals surface area contributed by atoms with Crippen LogP contribution >= 0.6 is 0 Å². The highest BCUT2D eigenvalue weighted by Crippen LogP contribution is 2.57. The van der Waals surface area contributed by atoms with Crippen LogP contribution in [0.4, 0.5) is 0 Å². The summed E-state index contributed by atoms with van der Waals surface area (Å²) in [5.41, 5.74) is -1.18. The molecule has 15 heteroatoms. The second kappa shape index (κ2) is 5.75. The Morgan fingerprint density at radius 1 is 0.821 bits per heavy atom. The topological polar surface area (TPSA) is 288 Å². The van der Waals surface area contributed by atoms with E-state index in [4.69, 9.17) is 5.73 Å². The largest absolute Gasteiger partial charge is 0.480 e. The lowest BCUT2D eigenvalue weighted by Gasteiger charge is -2.62. The highest BCUT2D eigenvalue weighted by atomic mass is 16.7. The van der Waals surface area contributed by atoms with E-state index in [0.717, 1.165) is 7.11 Å². The van der Waals surface area contributed by atoms with Crippen LogP contribution < -0.4 is 10.5 Å². The van der Waals surface area contributed by atoms with Crippen LogP contribution in [-0.4, -0.2) is 103 Å². The summed E-state index contributed by atoms with van der Waals surface area (Å²) in [5.74, 6) is -25.9. The second-order valence-electron chi connectivity index (χ2n) is 6.19. The van der Waals surface area contributed by atoms with Gasteiger partial charge in [0.05, 0.1) is 12.8 Å². The first kappa shape index (κ1) is 22.3. The number of aliphatic hydroxyl groups is 11. The van der Waals surface area contributed by atoms with Gasteiger partial charge in [-0.25, -0.2) is 4.98 Å². The van der Waals surface area contributed by atoms with Gasteiger partial charge in [0.1, 0.15) is 5.56 Å². The van der Waals surface area contributed by atoms with Crippen molar-refractivity contribution in [1.82, 2.24) is 4.98 Å². The number of carbonyl (C=O) groups excluding carboxylic acids is 1. The summed E-state index contributed by atoms with van der Waals surface area (Å²) >= 11 is 0. The second-order valence-corrected chi connectivity index (χ2v) is 6.19. The molecule has 0 aromatic carbocycles. The molecule has 1 aliphatic rings. The Morgan fingerprint density at radius 2 is 1.21 bits per heavy atom. The summed E-state index contributed by atoms with van der Waals surface area (Å²) in [7, 11) is 0.928. The molecule has 15 nitrogen and oxygen atoms in total. The van der Waals surface area contributed by atoms with Crippen molar-refractivity contribution in [2.45, 2.75) is 34.5 Å². The third-order valence-corrected chi connectivity index (χ3v) is 4.64. The van der Waals surface area contributed by atoms with Crippen LogP contribution in [0.25, 0.3) is 0 Å². The number of carbonyl (C=O) groups is 1. The minimum atomic E-state index is -4.86. The van der Waals surface area contributed by atoms with Crippen LogP contribution in [0.15, 0.2) is 12.1 Å². The molecule has 1 aromatic heterocycles. The number of hydrogen-bond acceptors (Lipinski definition) is 14. The molecule has 0 atom stereocenters. The Bertz CT molecular complexity index is 787. The molecule has 0 bridgehead atoms. The van der Waals surface area contributed by atoms with E-state index in [2.05, 4.69) is 9.72 Å². The third kappa shape index (κ3) is 2.14. The van der Waals surface area contributed by atoms with Gasteiger partial charge in [-0.3, -0.25) is 4.79 Å². The molecule has 158 valence electrons. The van der Waals surface area contributed by atoms with Crippen LogP contribution in [0.3, 0.4) is 0 Å². The fraction of sp³-hybridized carbons (Fsp3) is 0.538. The van der Waals surface area contributed by atoms with Crippen molar-refractivity contribution in [1.29, 1.82) is 0 Å². The summed E-state index contributed by atoms with van der Waals surface area (Å²) in [6.07, 6.45) is 0. The van der Waals surface area contributed by atoms with Gasteiger partial charge < -0.3 is 66.6 Å². The molecule has 13 N–H and O–H groups in total. The van der Waals surface area contributed by atoms with Gasteiger partial charge in [-0.2, -0.15) is 0 Å². The first-order valence-electron chi connectivity index (χ1n) is 7.17. The van der Waals surface area contributed by atoms with Crippen LogP contribution in [0, 0.1) is 0 Å². The van der Waals surface area contributed by atoms with Crippen molar-refractivity contribution < 1.29 is 65.7 Å². The van der Waals surface area contributed by atoms with E-state index in [1.54, 1.807) is 0 Å². The first-order chi connectivity index (χ1) is 12.4. The van der Waals surface area contributed by atoms with Crippen molar-refractivity contribution in [3.05, 3.63) is 23.4 Å². The van der Waals surface area contributed by atoms with Crippen molar-refractivity contribution in [2.24, 2.45) is 5.73 Å². The summed E-state index contributed by atoms with van der Waals surface area (Å²) in [6, 6.07) is 1.18. The maximum atomic E-state index is 11.3. The molecule has 1 heterocycles. The number of amides is 1. The number of methoxy groups -OCH3 is 1. The van der Waals surface area contributed by atoms with Gasteiger partial charge in [-0.15, -0.1) is 0 Å². The van der Waals surface area contributed by atoms with Gasteiger partial charge in [0.15, 0.2) is 0 Å². The number of ether oxygens (including phenoxy) is 1. The Morgan fingerprint density at radius 3 is 1.57 bits per heavy atom. The summed E-state index contributed by atoms with van der Waals surface area (Å²) < 4.78 is 4.67. The van der Waals surface area contributed by atoms with Crippen LogP contribution in [0.5, 0.6) is 5.88 Å². The molecular formula is C13H18N2O13. The van der Waals surface area contributed by atoms with E-state index in [-0.39, 0.29) is 0 Å². The minimum Gasteiger partial charge on any atom is -0.480 e. The van der Waals surface area contributed by atoms with E-state index in [0.29, 0.717) is 12.1 Å². The molecule has 0 spiro atoms. The highest BCUT2D eigenvalue weighted by molar-refractivity contribution is 5.95. The van der Waals surface area contributed by atoms with E-state index < -0.39 is 57.6 Å². The fourth-order valence-corrected chi connectivity index (χ4v) is 2.82. The van der Waals surface area contributed by atoms with Gasteiger partial charge in [0, 0.05) is 0 Å². The highest BCUT2D eigenvalue weighted by Gasteiger charge is 2.91. The standard InChI is InChI=1S/C13H18N2O13/c1-28-7-4(6(14)16)2-3-5(15-7)8(17)9(18,19)11(22,23)13(26,27)12(24,25)10(8,20)21/h2-3,17-27H,1H3,(H2,14,16).